The average Bonchev–Trinajstić information content (AvgIpc) is 2.02. The van der Waals surface area contributed by atoms with Crippen molar-refractivity contribution in [3.63, 3.8) is 0 Å². The molecule has 1 aliphatic heterocycles. The average molecular weight is 170 g/mol. The maximum absolute atomic E-state index is 9.35. The maximum atomic E-state index is 9.35. The molecule has 2 aliphatic rings. The van der Waals surface area contributed by atoms with Crippen molar-refractivity contribution in [1.82, 2.24) is 0 Å². The maximum Gasteiger partial charge on any atom is 0.0544 e. The fraction of sp³-hybridized carbons (Fsp3) is 1.00. The first-order valence-corrected chi connectivity index (χ1v) is 4.96. The van der Waals surface area contributed by atoms with Gasteiger partial charge < -0.3 is 9.84 Å². The lowest BCUT2D eigenvalue weighted by Crippen LogP contribution is -2.47. The third kappa shape index (κ3) is 1.38. The van der Waals surface area contributed by atoms with Crippen LogP contribution in [0.3, 0.4) is 0 Å². The molecule has 2 fully saturated rings. The number of hydrogen-bond donors (Lipinski definition) is 1. The zero-order valence-corrected chi connectivity index (χ0v) is 7.75. The summed E-state index contributed by atoms with van der Waals surface area (Å²) in [6.07, 6.45) is 4.37. The molecule has 70 valence electrons. The number of ether oxygens (including phenoxy) is 1. The van der Waals surface area contributed by atoms with Gasteiger partial charge in [-0.3, -0.25) is 0 Å². The SMILES string of the molecule is CC1(C2CCC(O)CC2)COC1. The quantitative estimate of drug-likeness (QED) is 0.647. The van der Waals surface area contributed by atoms with E-state index < -0.39 is 0 Å². The van der Waals surface area contributed by atoms with E-state index in [1.165, 1.54) is 12.8 Å². The van der Waals surface area contributed by atoms with Crippen LogP contribution in [0.5, 0.6) is 0 Å². The van der Waals surface area contributed by atoms with Gasteiger partial charge in [-0.1, -0.05) is 6.92 Å². The van der Waals surface area contributed by atoms with Crippen molar-refractivity contribution >= 4 is 0 Å². The third-order valence-corrected chi connectivity index (χ3v) is 3.55. The number of aliphatic hydroxyl groups excluding tert-OH is 1. The van der Waals surface area contributed by atoms with E-state index in [0.717, 1.165) is 32.0 Å². The molecule has 2 rings (SSSR count). The van der Waals surface area contributed by atoms with E-state index in [-0.39, 0.29) is 6.10 Å². The summed E-state index contributed by atoms with van der Waals surface area (Å²) in [5.74, 6) is 0.801. The predicted molar refractivity (Wildman–Crippen MR) is 46.9 cm³/mol. The lowest BCUT2D eigenvalue weighted by atomic mass is 9.68. The lowest BCUT2D eigenvalue weighted by molar-refractivity contribution is -0.145. The smallest absolute Gasteiger partial charge is 0.0544 e. The molecule has 1 saturated heterocycles. The van der Waals surface area contributed by atoms with Crippen LogP contribution in [0.1, 0.15) is 32.6 Å². The molecule has 0 aromatic rings. The van der Waals surface area contributed by atoms with Crippen LogP contribution in [0.25, 0.3) is 0 Å². The van der Waals surface area contributed by atoms with Crippen molar-refractivity contribution in [3.05, 3.63) is 0 Å². The molecule has 0 radical (unpaired) electrons. The first-order valence-electron chi connectivity index (χ1n) is 4.96. The molecule has 1 aliphatic carbocycles. The molecular weight excluding hydrogens is 152 g/mol. The van der Waals surface area contributed by atoms with E-state index in [9.17, 15) is 5.11 Å². The van der Waals surface area contributed by atoms with Gasteiger partial charge in [0.25, 0.3) is 0 Å². The van der Waals surface area contributed by atoms with Crippen LogP contribution in [-0.4, -0.2) is 24.4 Å². The Morgan fingerprint density at radius 2 is 1.75 bits per heavy atom. The molecule has 1 saturated carbocycles. The fourth-order valence-electron chi connectivity index (χ4n) is 2.43. The second-order valence-electron chi connectivity index (χ2n) is 4.65. The second kappa shape index (κ2) is 3.00. The summed E-state index contributed by atoms with van der Waals surface area (Å²) in [5.41, 5.74) is 0.445. The van der Waals surface area contributed by atoms with Gasteiger partial charge in [-0.25, -0.2) is 0 Å². The molecule has 0 spiro atoms. The van der Waals surface area contributed by atoms with E-state index >= 15 is 0 Å². The summed E-state index contributed by atoms with van der Waals surface area (Å²) in [6, 6.07) is 0. The number of rotatable bonds is 1. The zero-order valence-electron chi connectivity index (χ0n) is 7.75. The Hall–Kier alpha value is -0.0800. The second-order valence-corrected chi connectivity index (χ2v) is 4.65. The summed E-state index contributed by atoms with van der Waals surface area (Å²) in [4.78, 5) is 0. The first kappa shape index (κ1) is 8.52. The topological polar surface area (TPSA) is 29.5 Å². The Bertz CT molecular complexity index is 155. The Balaban J connectivity index is 1.88. The highest BCUT2D eigenvalue weighted by molar-refractivity contribution is 4.90. The largest absolute Gasteiger partial charge is 0.393 e. The van der Waals surface area contributed by atoms with E-state index in [1.807, 2.05) is 0 Å². The highest BCUT2D eigenvalue weighted by atomic mass is 16.5. The summed E-state index contributed by atoms with van der Waals surface area (Å²) < 4.78 is 5.26. The van der Waals surface area contributed by atoms with Gasteiger partial charge in [-0.15, -0.1) is 0 Å². The summed E-state index contributed by atoms with van der Waals surface area (Å²) >= 11 is 0. The van der Waals surface area contributed by atoms with E-state index in [1.54, 1.807) is 0 Å². The van der Waals surface area contributed by atoms with E-state index in [2.05, 4.69) is 6.92 Å². The molecule has 1 heterocycles. The van der Waals surface area contributed by atoms with Gasteiger partial charge in [-0.2, -0.15) is 0 Å². The van der Waals surface area contributed by atoms with Crippen molar-refractivity contribution in [1.29, 1.82) is 0 Å². The number of aliphatic hydroxyl groups is 1. The van der Waals surface area contributed by atoms with E-state index in [4.69, 9.17) is 4.74 Å². The number of hydrogen-bond acceptors (Lipinski definition) is 2. The standard InChI is InChI=1S/C10H18O2/c1-10(6-12-7-10)8-2-4-9(11)5-3-8/h8-9,11H,2-7H2,1H3. The van der Waals surface area contributed by atoms with Crippen molar-refractivity contribution < 1.29 is 9.84 Å². The molecule has 0 amide bonds. The summed E-state index contributed by atoms with van der Waals surface area (Å²) in [6.45, 7) is 4.19. The van der Waals surface area contributed by atoms with Crippen LogP contribution in [0.2, 0.25) is 0 Å². The molecule has 0 aromatic heterocycles. The van der Waals surface area contributed by atoms with Crippen LogP contribution in [0.15, 0.2) is 0 Å². The highest BCUT2D eigenvalue weighted by Crippen LogP contribution is 2.43. The van der Waals surface area contributed by atoms with Crippen LogP contribution >= 0.6 is 0 Å². The molecule has 0 bridgehead atoms. The van der Waals surface area contributed by atoms with Gasteiger partial charge in [0.2, 0.25) is 0 Å². The van der Waals surface area contributed by atoms with Gasteiger partial charge >= 0.3 is 0 Å². The molecule has 2 heteroatoms. The van der Waals surface area contributed by atoms with Crippen LogP contribution in [0.4, 0.5) is 0 Å². The van der Waals surface area contributed by atoms with Crippen molar-refractivity contribution in [3.8, 4) is 0 Å². The van der Waals surface area contributed by atoms with E-state index in [0.29, 0.717) is 5.41 Å². The Labute approximate surface area is 73.9 Å². The minimum absolute atomic E-state index is 0.0224. The van der Waals surface area contributed by atoms with Gasteiger partial charge in [0.15, 0.2) is 0 Å². The third-order valence-electron chi connectivity index (χ3n) is 3.55. The zero-order chi connectivity index (χ0) is 8.60. The van der Waals surface area contributed by atoms with Gasteiger partial charge in [0.05, 0.1) is 19.3 Å². The minimum Gasteiger partial charge on any atom is -0.393 e. The molecule has 2 nitrogen and oxygen atoms in total. The van der Waals surface area contributed by atoms with Gasteiger partial charge in [0.1, 0.15) is 0 Å². The van der Waals surface area contributed by atoms with Crippen molar-refractivity contribution in [2.45, 2.75) is 38.7 Å². The Morgan fingerprint density at radius 3 is 2.17 bits per heavy atom. The fourth-order valence-corrected chi connectivity index (χ4v) is 2.43. The summed E-state index contributed by atoms with van der Waals surface area (Å²) in [5, 5.41) is 9.35. The van der Waals surface area contributed by atoms with Gasteiger partial charge in [-0.05, 0) is 31.6 Å². The molecule has 0 atom stereocenters. The van der Waals surface area contributed by atoms with Crippen LogP contribution < -0.4 is 0 Å². The predicted octanol–water partition coefficient (Wildman–Crippen LogP) is 1.57. The molecular formula is C10H18O2. The monoisotopic (exact) mass is 170 g/mol. The molecule has 12 heavy (non-hydrogen) atoms. The summed E-state index contributed by atoms with van der Waals surface area (Å²) in [7, 11) is 0. The Morgan fingerprint density at radius 1 is 1.17 bits per heavy atom. The molecule has 1 N–H and O–H groups in total. The Kier molecular flexibility index (Phi) is 2.13. The molecule has 0 unspecified atom stereocenters. The van der Waals surface area contributed by atoms with Crippen LogP contribution in [-0.2, 0) is 4.74 Å². The lowest BCUT2D eigenvalue weighted by Gasteiger charge is -2.46. The highest BCUT2D eigenvalue weighted by Gasteiger charge is 2.42. The first-order chi connectivity index (χ1) is 5.71. The molecule has 0 aromatic carbocycles. The normalized spacial score (nSPS) is 40.5. The van der Waals surface area contributed by atoms with Gasteiger partial charge in [0, 0.05) is 5.41 Å². The van der Waals surface area contributed by atoms with Crippen molar-refractivity contribution in [2.24, 2.45) is 11.3 Å². The van der Waals surface area contributed by atoms with Crippen LogP contribution in [0, 0.1) is 11.3 Å². The van der Waals surface area contributed by atoms with Crippen molar-refractivity contribution in [2.75, 3.05) is 13.2 Å². The minimum atomic E-state index is -0.0224.